The molecule has 5 heterocycles. The molecule has 1 aliphatic heterocycles. The van der Waals surface area contributed by atoms with E-state index in [1.54, 1.807) is 24.8 Å². The fourth-order valence-corrected chi connectivity index (χ4v) is 3.03. The molecule has 0 atom stereocenters. The van der Waals surface area contributed by atoms with E-state index in [9.17, 15) is 5.21 Å². The zero-order valence-electron chi connectivity index (χ0n) is 13.0. The van der Waals surface area contributed by atoms with Crippen LogP contribution in [0.4, 0.5) is 11.5 Å². The van der Waals surface area contributed by atoms with Gasteiger partial charge in [-0.15, -0.1) is 0 Å². The molecule has 0 radical (unpaired) electrons. The molecule has 0 spiro atoms. The molecule has 0 saturated heterocycles. The fourth-order valence-electron chi connectivity index (χ4n) is 3.03. The molecule has 0 fully saturated rings. The number of fused-ring (bicyclic) bond motifs is 5. The average molecular weight is 328 g/mol. The quantitative estimate of drug-likeness (QED) is 0.459. The normalized spacial score (nSPS) is 11.7. The Morgan fingerprint density at radius 2 is 1.84 bits per heavy atom. The van der Waals surface area contributed by atoms with Crippen LogP contribution < -0.4 is 5.32 Å². The summed E-state index contributed by atoms with van der Waals surface area (Å²) in [5.41, 5.74) is 4.16. The second-order valence-electron chi connectivity index (χ2n) is 5.61. The summed E-state index contributed by atoms with van der Waals surface area (Å²) in [5.74, 6) is 1.05. The molecule has 2 N–H and O–H groups in total. The predicted octanol–water partition coefficient (Wildman–Crippen LogP) is 3.36. The first-order chi connectivity index (χ1) is 12.3. The number of anilines is 2. The SMILES string of the molecule is On1c(-c2ccccn2)nc2c1-c1ccncc1Nc1ncccc1-2. The van der Waals surface area contributed by atoms with E-state index in [4.69, 9.17) is 0 Å². The molecule has 0 amide bonds. The van der Waals surface area contributed by atoms with Crippen LogP contribution in [0.25, 0.3) is 34.0 Å². The first-order valence-electron chi connectivity index (χ1n) is 7.73. The van der Waals surface area contributed by atoms with Gasteiger partial charge in [-0.05, 0) is 30.3 Å². The molecule has 0 bridgehead atoms. The van der Waals surface area contributed by atoms with Gasteiger partial charge in [0.2, 0.25) is 0 Å². The summed E-state index contributed by atoms with van der Waals surface area (Å²) in [6.45, 7) is 0. The maximum absolute atomic E-state index is 10.9. The number of aromatic nitrogens is 5. The minimum atomic E-state index is 0.380. The molecular formula is C18H12N6O. The van der Waals surface area contributed by atoms with Gasteiger partial charge in [0.25, 0.3) is 0 Å². The Balaban J connectivity index is 1.87. The highest BCUT2D eigenvalue weighted by molar-refractivity contribution is 5.95. The van der Waals surface area contributed by atoms with Gasteiger partial charge in [-0.25, -0.2) is 9.97 Å². The topological polar surface area (TPSA) is 88.8 Å². The zero-order valence-corrected chi connectivity index (χ0v) is 13.0. The van der Waals surface area contributed by atoms with Crippen molar-refractivity contribution >= 4 is 11.5 Å². The summed E-state index contributed by atoms with van der Waals surface area (Å²) >= 11 is 0. The van der Waals surface area contributed by atoms with Gasteiger partial charge in [-0.1, -0.05) is 6.07 Å². The van der Waals surface area contributed by atoms with Crippen LogP contribution >= 0.6 is 0 Å². The lowest BCUT2D eigenvalue weighted by atomic mass is 10.1. The van der Waals surface area contributed by atoms with E-state index in [1.165, 1.54) is 0 Å². The van der Waals surface area contributed by atoms with Crippen LogP contribution in [0.2, 0.25) is 0 Å². The van der Waals surface area contributed by atoms with E-state index in [0.29, 0.717) is 28.7 Å². The summed E-state index contributed by atoms with van der Waals surface area (Å²) in [4.78, 5) is 17.5. The number of nitrogens with one attached hydrogen (secondary N) is 1. The van der Waals surface area contributed by atoms with Crippen molar-refractivity contribution in [1.82, 2.24) is 24.7 Å². The molecule has 7 heteroatoms. The zero-order chi connectivity index (χ0) is 16.8. The fraction of sp³-hybridized carbons (Fsp3) is 0. The number of pyridine rings is 3. The first kappa shape index (κ1) is 13.7. The van der Waals surface area contributed by atoms with Gasteiger partial charge in [-0.3, -0.25) is 9.97 Å². The van der Waals surface area contributed by atoms with Gasteiger partial charge in [0.15, 0.2) is 5.82 Å². The average Bonchev–Trinajstić information content (AvgIpc) is 2.93. The maximum Gasteiger partial charge on any atom is 0.195 e. The molecule has 4 aromatic heterocycles. The molecule has 0 unspecified atom stereocenters. The highest BCUT2D eigenvalue weighted by atomic mass is 16.5. The van der Waals surface area contributed by atoms with Gasteiger partial charge in [0.05, 0.1) is 11.9 Å². The molecule has 4 aromatic rings. The van der Waals surface area contributed by atoms with Gasteiger partial charge in [0, 0.05) is 29.7 Å². The summed E-state index contributed by atoms with van der Waals surface area (Å²) < 4.78 is 1.08. The van der Waals surface area contributed by atoms with Crippen molar-refractivity contribution in [3.8, 4) is 34.0 Å². The van der Waals surface area contributed by atoms with E-state index >= 15 is 0 Å². The minimum absolute atomic E-state index is 0.380. The Hall–Kier alpha value is -3.74. The van der Waals surface area contributed by atoms with Crippen LogP contribution in [0.15, 0.2) is 61.2 Å². The monoisotopic (exact) mass is 328 g/mol. The Kier molecular flexibility index (Phi) is 2.81. The van der Waals surface area contributed by atoms with Crippen LogP contribution in [0.1, 0.15) is 0 Å². The standard InChI is InChI=1S/C18H12N6O/c25-24-16-11-6-9-19-10-14(11)22-17-12(4-3-8-21-17)15(16)23-18(24)13-5-1-2-7-20-13/h1-10,25H,(H,21,22). The van der Waals surface area contributed by atoms with Gasteiger partial charge in [-0.2, -0.15) is 4.73 Å². The van der Waals surface area contributed by atoms with Crippen molar-refractivity contribution in [2.75, 3.05) is 5.32 Å². The van der Waals surface area contributed by atoms with E-state index in [2.05, 4.69) is 25.3 Å². The van der Waals surface area contributed by atoms with Crippen LogP contribution in [-0.2, 0) is 0 Å². The molecule has 120 valence electrons. The molecule has 7 nitrogen and oxygen atoms in total. The van der Waals surface area contributed by atoms with Crippen LogP contribution in [0, 0.1) is 0 Å². The van der Waals surface area contributed by atoms with Crippen molar-refractivity contribution < 1.29 is 5.21 Å². The van der Waals surface area contributed by atoms with E-state index in [-0.39, 0.29) is 0 Å². The third-order valence-electron chi connectivity index (χ3n) is 4.14. The minimum Gasteiger partial charge on any atom is -0.426 e. The lowest BCUT2D eigenvalue weighted by molar-refractivity contribution is 0.195. The molecular weight excluding hydrogens is 316 g/mol. The Morgan fingerprint density at radius 1 is 0.920 bits per heavy atom. The highest BCUT2D eigenvalue weighted by Crippen LogP contribution is 2.43. The summed E-state index contributed by atoms with van der Waals surface area (Å²) in [5, 5.41) is 14.1. The van der Waals surface area contributed by atoms with E-state index in [0.717, 1.165) is 21.5 Å². The molecule has 0 aromatic carbocycles. The third kappa shape index (κ3) is 1.99. The van der Waals surface area contributed by atoms with E-state index in [1.807, 2.05) is 36.4 Å². The largest absolute Gasteiger partial charge is 0.426 e. The predicted molar refractivity (Wildman–Crippen MR) is 92.4 cm³/mol. The van der Waals surface area contributed by atoms with Crippen LogP contribution in [0.3, 0.4) is 0 Å². The van der Waals surface area contributed by atoms with Gasteiger partial charge < -0.3 is 10.5 Å². The lowest BCUT2D eigenvalue weighted by Crippen LogP contribution is -2.00. The lowest BCUT2D eigenvalue weighted by Gasteiger charge is -2.09. The second kappa shape index (κ2) is 5.13. The highest BCUT2D eigenvalue weighted by Gasteiger charge is 2.28. The number of hydrogen-bond donors (Lipinski definition) is 2. The summed E-state index contributed by atoms with van der Waals surface area (Å²) in [7, 11) is 0. The third-order valence-corrected chi connectivity index (χ3v) is 4.14. The molecule has 25 heavy (non-hydrogen) atoms. The van der Waals surface area contributed by atoms with Crippen molar-refractivity contribution in [2.45, 2.75) is 0 Å². The summed E-state index contributed by atoms with van der Waals surface area (Å²) in [6.07, 6.45) is 6.77. The van der Waals surface area contributed by atoms with Gasteiger partial charge in [0.1, 0.15) is 22.9 Å². The van der Waals surface area contributed by atoms with Crippen molar-refractivity contribution in [3.05, 3.63) is 61.2 Å². The Morgan fingerprint density at radius 3 is 2.72 bits per heavy atom. The van der Waals surface area contributed by atoms with Crippen LogP contribution in [-0.4, -0.2) is 29.9 Å². The van der Waals surface area contributed by atoms with Gasteiger partial charge >= 0.3 is 0 Å². The van der Waals surface area contributed by atoms with Crippen molar-refractivity contribution in [1.29, 1.82) is 0 Å². The Bertz CT molecular complexity index is 1090. The van der Waals surface area contributed by atoms with Crippen molar-refractivity contribution in [3.63, 3.8) is 0 Å². The number of hydrogen-bond acceptors (Lipinski definition) is 6. The Labute approximate surface area is 142 Å². The molecule has 0 saturated carbocycles. The number of nitrogens with zero attached hydrogens (tertiary/aromatic N) is 5. The summed E-state index contributed by atoms with van der Waals surface area (Å²) in [6, 6.07) is 11.1. The van der Waals surface area contributed by atoms with Crippen molar-refractivity contribution in [2.24, 2.45) is 0 Å². The maximum atomic E-state index is 10.9. The van der Waals surface area contributed by atoms with Crippen LogP contribution in [0.5, 0.6) is 0 Å². The molecule has 0 aliphatic carbocycles. The molecule has 1 aliphatic rings. The van der Waals surface area contributed by atoms with E-state index < -0.39 is 0 Å². The smallest absolute Gasteiger partial charge is 0.195 e. The molecule has 5 rings (SSSR count). The number of imidazole rings is 1. The second-order valence-corrected chi connectivity index (χ2v) is 5.61. The first-order valence-corrected chi connectivity index (χ1v) is 7.73. The number of rotatable bonds is 1.